The lowest BCUT2D eigenvalue weighted by Gasteiger charge is -2.07. The molecule has 0 unspecified atom stereocenters. The van der Waals surface area contributed by atoms with Gasteiger partial charge in [0, 0.05) is 16.8 Å². The summed E-state index contributed by atoms with van der Waals surface area (Å²) >= 11 is 6.08. The molecular weight excluding hydrogens is 330 g/mol. The Labute approximate surface area is 143 Å². The van der Waals surface area contributed by atoms with Gasteiger partial charge >= 0.3 is 0 Å². The predicted octanol–water partition coefficient (Wildman–Crippen LogP) is 3.73. The van der Waals surface area contributed by atoms with Crippen LogP contribution in [0, 0.1) is 13.8 Å². The number of hydrogen-bond acceptors (Lipinski definition) is 6. The molecule has 0 saturated heterocycles. The van der Waals surface area contributed by atoms with Crippen molar-refractivity contribution < 1.29 is 9.32 Å². The average Bonchev–Trinajstić information content (AvgIpc) is 2.96. The zero-order chi connectivity index (χ0) is 17.1. The Morgan fingerprint density at radius 2 is 1.92 bits per heavy atom. The Bertz CT molecular complexity index is 876. The van der Waals surface area contributed by atoms with Crippen LogP contribution >= 0.6 is 11.6 Å². The number of carbonyl (C=O) groups excluding carboxylic acids is 1. The number of aryl methyl sites for hydroxylation is 2. The van der Waals surface area contributed by atoms with Gasteiger partial charge in [-0.05, 0) is 43.7 Å². The quantitative estimate of drug-likeness (QED) is 0.749. The van der Waals surface area contributed by atoms with Gasteiger partial charge in [-0.25, -0.2) is 0 Å². The van der Waals surface area contributed by atoms with E-state index in [1.54, 1.807) is 31.2 Å². The van der Waals surface area contributed by atoms with Gasteiger partial charge in [-0.2, -0.15) is 0 Å². The van der Waals surface area contributed by atoms with E-state index >= 15 is 0 Å². The Balaban J connectivity index is 1.68. The molecule has 7 nitrogen and oxygen atoms in total. The highest BCUT2D eigenvalue weighted by atomic mass is 35.5. The fourth-order valence-corrected chi connectivity index (χ4v) is 2.12. The summed E-state index contributed by atoms with van der Waals surface area (Å²) in [4.78, 5) is 12.0. The van der Waals surface area contributed by atoms with E-state index in [-0.39, 0.29) is 5.69 Å². The van der Waals surface area contributed by atoms with E-state index in [4.69, 9.17) is 16.1 Å². The summed E-state index contributed by atoms with van der Waals surface area (Å²) in [5.74, 6) is 1.02. The molecule has 0 aliphatic rings. The molecule has 0 saturated carbocycles. The molecule has 122 valence electrons. The van der Waals surface area contributed by atoms with Crippen LogP contribution in [0.25, 0.3) is 0 Å². The molecule has 1 amide bonds. The minimum absolute atomic E-state index is 0.170. The monoisotopic (exact) mass is 343 g/mol. The molecule has 8 heteroatoms. The Hall–Kier alpha value is -2.93. The SMILES string of the molecule is Cc1cc(NC(=O)c2ccc(Nc3ccc(C)c(Cl)c3)nn2)no1. The number of carbonyl (C=O) groups is 1. The highest BCUT2D eigenvalue weighted by molar-refractivity contribution is 6.31. The lowest BCUT2D eigenvalue weighted by Crippen LogP contribution is -2.14. The second-order valence-corrected chi connectivity index (χ2v) is 5.58. The zero-order valence-electron chi connectivity index (χ0n) is 13.0. The molecule has 0 atom stereocenters. The van der Waals surface area contributed by atoms with Crippen LogP contribution < -0.4 is 10.6 Å². The van der Waals surface area contributed by atoms with Gasteiger partial charge in [0.25, 0.3) is 5.91 Å². The van der Waals surface area contributed by atoms with E-state index in [2.05, 4.69) is 26.0 Å². The maximum atomic E-state index is 12.0. The molecule has 0 aliphatic carbocycles. The lowest BCUT2D eigenvalue weighted by molar-refractivity contribution is 0.102. The number of rotatable bonds is 4. The summed E-state index contributed by atoms with van der Waals surface area (Å²) in [6.45, 7) is 3.66. The van der Waals surface area contributed by atoms with Crippen molar-refractivity contribution in [3.05, 3.63) is 58.4 Å². The number of aromatic nitrogens is 3. The molecule has 1 aromatic carbocycles. The van der Waals surface area contributed by atoms with Crippen LogP contribution in [0.4, 0.5) is 17.3 Å². The van der Waals surface area contributed by atoms with Crippen molar-refractivity contribution in [1.82, 2.24) is 15.4 Å². The highest BCUT2D eigenvalue weighted by Crippen LogP contribution is 2.22. The first-order chi connectivity index (χ1) is 11.5. The maximum absolute atomic E-state index is 12.0. The molecule has 24 heavy (non-hydrogen) atoms. The molecule has 2 aromatic heterocycles. The number of benzene rings is 1. The van der Waals surface area contributed by atoms with E-state index in [1.165, 1.54) is 0 Å². The molecule has 0 radical (unpaired) electrons. The van der Waals surface area contributed by atoms with Gasteiger partial charge in [0.05, 0.1) is 0 Å². The predicted molar refractivity (Wildman–Crippen MR) is 90.7 cm³/mol. The number of halogens is 1. The molecule has 0 bridgehead atoms. The van der Waals surface area contributed by atoms with E-state index in [0.29, 0.717) is 22.4 Å². The fraction of sp³-hybridized carbons (Fsp3) is 0.125. The molecule has 0 aliphatic heterocycles. The Kier molecular flexibility index (Phi) is 4.43. The van der Waals surface area contributed by atoms with E-state index in [0.717, 1.165) is 11.3 Å². The first kappa shape index (κ1) is 15.9. The number of hydrogen-bond donors (Lipinski definition) is 2. The normalized spacial score (nSPS) is 10.5. The van der Waals surface area contributed by atoms with E-state index in [9.17, 15) is 4.79 Å². The molecule has 2 N–H and O–H groups in total. The summed E-state index contributed by atoms with van der Waals surface area (Å²) in [5, 5.41) is 17.9. The van der Waals surface area contributed by atoms with Crippen LogP contribution in [0.3, 0.4) is 0 Å². The fourth-order valence-electron chi connectivity index (χ4n) is 1.94. The van der Waals surface area contributed by atoms with Gasteiger partial charge in [0.2, 0.25) is 0 Å². The standard InChI is InChI=1S/C16H14ClN5O2/c1-9-3-4-11(8-12(9)17)18-14-6-5-13(20-21-14)16(23)19-15-7-10(2)24-22-15/h3-8H,1-2H3,(H,18,21)(H,19,22,23). The van der Waals surface area contributed by atoms with Crippen molar-refractivity contribution in [3.8, 4) is 0 Å². The first-order valence-corrected chi connectivity index (χ1v) is 7.50. The molecule has 3 rings (SSSR count). The summed E-state index contributed by atoms with van der Waals surface area (Å²) in [6.07, 6.45) is 0. The van der Waals surface area contributed by atoms with Gasteiger partial charge in [0.15, 0.2) is 17.3 Å². The maximum Gasteiger partial charge on any atom is 0.277 e. The third-order valence-electron chi connectivity index (χ3n) is 3.21. The van der Waals surface area contributed by atoms with Crippen LogP contribution in [-0.4, -0.2) is 21.3 Å². The first-order valence-electron chi connectivity index (χ1n) is 7.13. The summed E-state index contributed by atoms with van der Waals surface area (Å²) in [6, 6.07) is 10.4. The van der Waals surface area contributed by atoms with Crippen LogP contribution in [0.5, 0.6) is 0 Å². The minimum atomic E-state index is -0.416. The van der Waals surface area contributed by atoms with Crippen molar-refractivity contribution in [2.45, 2.75) is 13.8 Å². The third-order valence-corrected chi connectivity index (χ3v) is 3.62. The molecule has 3 aromatic rings. The topological polar surface area (TPSA) is 92.9 Å². The summed E-state index contributed by atoms with van der Waals surface area (Å²) in [5.41, 5.74) is 1.95. The molecule has 0 spiro atoms. The van der Waals surface area contributed by atoms with Crippen molar-refractivity contribution >= 4 is 34.8 Å². The Morgan fingerprint density at radius 1 is 1.08 bits per heavy atom. The Morgan fingerprint density at radius 3 is 2.54 bits per heavy atom. The summed E-state index contributed by atoms with van der Waals surface area (Å²) in [7, 11) is 0. The van der Waals surface area contributed by atoms with E-state index < -0.39 is 5.91 Å². The van der Waals surface area contributed by atoms with Crippen molar-refractivity contribution in [3.63, 3.8) is 0 Å². The van der Waals surface area contributed by atoms with Gasteiger partial charge in [0.1, 0.15) is 5.76 Å². The van der Waals surface area contributed by atoms with Gasteiger partial charge < -0.3 is 15.2 Å². The minimum Gasteiger partial charge on any atom is -0.360 e. The molecular formula is C16H14ClN5O2. The van der Waals surface area contributed by atoms with Gasteiger partial charge in [-0.3, -0.25) is 4.79 Å². The average molecular weight is 344 g/mol. The van der Waals surface area contributed by atoms with Crippen LogP contribution in [0.1, 0.15) is 21.8 Å². The summed E-state index contributed by atoms with van der Waals surface area (Å²) < 4.78 is 4.88. The lowest BCUT2D eigenvalue weighted by atomic mass is 10.2. The van der Waals surface area contributed by atoms with E-state index in [1.807, 2.05) is 19.1 Å². The zero-order valence-corrected chi connectivity index (χ0v) is 13.8. The number of nitrogens with one attached hydrogen (secondary N) is 2. The van der Waals surface area contributed by atoms with Crippen molar-refractivity contribution in [2.24, 2.45) is 0 Å². The van der Waals surface area contributed by atoms with Crippen molar-refractivity contribution in [2.75, 3.05) is 10.6 Å². The second-order valence-electron chi connectivity index (χ2n) is 5.17. The molecule has 0 fully saturated rings. The van der Waals surface area contributed by atoms with Crippen molar-refractivity contribution in [1.29, 1.82) is 0 Å². The molecule has 2 heterocycles. The second kappa shape index (κ2) is 6.67. The van der Waals surface area contributed by atoms with Gasteiger partial charge in [-0.1, -0.05) is 22.8 Å². The largest absolute Gasteiger partial charge is 0.360 e. The number of anilines is 3. The number of nitrogens with zero attached hydrogens (tertiary/aromatic N) is 3. The third kappa shape index (κ3) is 3.69. The van der Waals surface area contributed by atoms with Crippen LogP contribution in [0.15, 0.2) is 40.9 Å². The van der Waals surface area contributed by atoms with Crippen LogP contribution in [-0.2, 0) is 0 Å². The number of amides is 1. The highest BCUT2D eigenvalue weighted by Gasteiger charge is 2.11. The smallest absolute Gasteiger partial charge is 0.277 e. The van der Waals surface area contributed by atoms with Crippen LogP contribution in [0.2, 0.25) is 5.02 Å². The van der Waals surface area contributed by atoms with Gasteiger partial charge in [-0.15, -0.1) is 10.2 Å².